The standard InChI is InChI=1S/C14H20ClN5/c1-3-8-11(4-2)16-13-17-12(15)18-14(19-13)20-9-6-5-7-10-20/h2,11H,3,5-10H2,1H3,(H,16,17,18,19). The lowest BCUT2D eigenvalue weighted by Crippen LogP contribution is -2.31. The molecule has 6 heteroatoms. The second-order valence-corrected chi connectivity index (χ2v) is 5.27. The molecule has 0 radical (unpaired) electrons. The third-order valence-electron chi connectivity index (χ3n) is 3.32. The van der Waals surface area contributed by atoms with E-state index < -0.39 is 0 Å². The van der Waals surface area contributed by atoms with Gasteiger partial charge in [-0.15, -0.1) is 6.42 Å². The maximum atomic E-state index is 5.99. The Labute approximate surface area is 125 Å². The molecule has 0 spiro atoms. The van der Waals surface area contributed by atoms with Gasteiger partial charge in [0.15, 0.2) is 0 Å². The summed E-state index contributed by atoms with van der Waals surface area (Å²) >= 11 is 5.99. The van der Waals surface area contributed by atoms with Crippen LogP contribution in [-0.4, -0.2) is 34.1 Å². The van der Waals surface area contributed by atoms with E-state index in [4.69, 9.17) is 18.0 Å². The van der Waals surface area contributed by atoms with Crippen molar-refractivity contribution in [3.63, 3.8) is 0 Å². The van der Waals surface area contributed by atoms with Crippen LogP contribution in [0.1, 0.15) is 39.0 Å². The Kier molecular flexibility index (Phi) is 5.42. The van der Waals surface area contributed by atoms with Gasteiger partial charge in [0.05, 0.1) is 6.04 Å². The summed E-state index contributed by atoms with van der Waals surface area (Å²) in [4.78, 5) is 14.9. The van der Waals surface area contributed by atoms with Crippen molar-refractivity contribution >= 4 is 23.5 Å². The molecule has 20 heavy (non-hydrogen) atoms. The van der Waals surface area contributed by atoms with Gasteiger partial charge in [-0.05, 0) is 37.3 Å². The number of rotatable bonds is 5. The van der Waals surface area contributed by atoms with Crippen LogP contribution in [0, 0.1) is 12.3 Å². The quantitative estimate of drug-likeness (QED) is 0.846. The molecule has 1 aliphatic heterocycles. The molecule has 2 rings (SSSR count). The largest absolute Gasteiger partial charge is 0.341 e. The summed E-state index contributed by atoms with van der Waals surface area (Å²) in [6, 6.07) is -0.0762. The lowest BCUT2D eigenvalue weighted by Gasteiger charge is -2.26. The third kappa shape index (κ3) is 3.97. The summed E-state index contributed by atoms with van der Waals surface area (Å²) in [5, 5.41) is 3.34. The van der Waals surface area contributed by atoms with Gasteiger partial charge in [-0.2, -0.15) is 15.0 Å². The maximum absolute atomic E-state index is 5.99. The fourth-order valence-corrected chi connectivity index (χ4v) is 2.44. The summed E-state index contributed by atoms with van der Waals surface area (Å²) in [5.74, 6) is 3.80. The molecule has 1 aromatic rings. The van der Waals surface area contributed by atoms with Crippen molar-refractivity contribution in [3.05, 3.63) is 5.28 Å². The zero-order valence-corrected chi connectivity index (χ0v) is 12.5. The second kappa shape index (κ2) is 7.30. The molecular formula is C14H20ClN5. The summed E-state index contributed by atoms with van der Waals surface area (Å²) in [6.45, 7) is 4.02. The summed E-state index contributed by atoms with van der Waals surface area (Å²) in [7, 11) is 0. The van der Waals surface area contributed by atoms with Gasteiger partial charge in [-0.3, -0.25) is 0 Å². The minimum Gasteiger partial charge on any atom is -0.341 e. The molecule has 0 bridgehead atoms. The van der Waals surface area contributed by atoms with Gasteiger partial charge in [-0.1, -0.05) is 19.3 Å². The first kappa shape index (κ1) is 14.9. The monoisotopic (exact) mass is 293 g/mol. The average Bonchev–Trinajstić information content (AvgIpc) is 2.47. The number of halogens is 1. The molecule has 1 fully saturated rings. The Morgan fingerprint density at radius 2 is 2.05 bits per heavy atom. The number of hydrogen-bond acceptors (Lipinski definition) is 5. The summed E-state index contributed by atoms with van der Waals surface area (Å²) < 4.78 is 0. The van der Waals surface area contributed by atoms with E-state index in [0.717, 1.165) is 38.8 Å². The van der Waals surface area contributed by atoms with E-state index in [-0.39, 0.29) is 11.3 Å². The molecule has 1 aliphatic rings. The molecule has 0 aliphatic carbocycles. The minimum atomic E-state index is -0.0762. The van der Waals surface area contributed by atoms with Crippen LogP contribution in [-0.2, 0) is 0 Å². The number of terminal acetylenes is 1. The molecule has 1 unspecified atom stereocenters. The highest BCUT2D eigenvalue weighted by Crippen LogP contribution is 2.19. The van der Waals surface area contributed by atoms with E-state index in [9.17, 15) is 0 Å². The lowest BCUT2D eigenvalue weighted by molar-refractivity contribution is 0.567. The van der Waals surface area contributed by atoms with Crippen LogP contribution in [0.25, 0.3) is 0 Å². The van der Waals surface area contributed by atoms with Crippen LogP contribution in [0.15, 0.2) is 0 Å². The SMILES string of the molecule is C#CC(CCC)Nc1nc(Cl)nc(N2CCCCC2)n1. The fraction of sp³-hybridized carbons (Fsp3) is 0.643. The van der Waals surface area contributed by atoms with E-state index in [1.165, 1.54) is 6.42 Å². The van der Waals surface area contributed by atoms with Gasteiger partial charge in [-0.25, -0.2) is 0 Å². The van der Waals surface area contributed by atoms with E-state index in [2.05, 4.69) is 38.0 Å². The highest BCUT2D eigenvalue weighted by molar-refractivity contribution is 6.28. The highest BCUT2D eigenvalue weighted by Gasteiger charge is 2.16. The first-order valence-electron chi connectivity index (χ1n) is 7.12. The molecule has 1 saturated heterocycles. The molecule has 108 valence electrons. The van der Waals surface area contributed by atoms with Gasteiger partial charge in [0.2, 0.25) is 17.2 Å². The van der Waals surface area contributed by atoms with Crippen LogP contribution in [0.5, 0.6) is 0 Å². The average molecular weight is 294 g/mol. The maximum Gasteiger partial charge on any atom is 0.231 e. The predicted octanol–water partition coefficient (Wildman–Crippen LogP) is 2.73. The van der Waals surface area contributed by atoms with Gasteiger partial charge < -0.3 is 10.2 Å². The molecule has 1 N–H and O–H groups in total. The van der Waals surface area contributed by atoms with E-state index in [1.54, 1.807) is 0 Å². The first-order valence-corrected chi connectivity index (χ1v) is 7.50. The number of nitrogens with zero attached hydrogens (tertiary/aromatic N) is 4. The molecule has 1 atom stereocenters. The van der Waals surface area contributed by atoms with Crippen LogP contribution < -0.4 is 10.2 Å². The second-order valence-electron chi connectivity index (χ2n) is 4.93. The Morgan fingerprint density at radius 3 is 2.70 bits per heavy atom. The normalized spacial score (nSPS) is 16.6. The Balaban J connectivity index is 2.13. The Hall–Kier alpha value is -1.54. The van der Waals surface area contributed by atoms with Crippen molar-refractivity contribution < 1.29 is 0 Å². The van der Waals surface area contributed by atoms with E-state index in [1.807, 2.05) is 0 Å². The highest BCUT2D eigenvalue weighted by atomic mass is 35.5. The van der Waals surface area contributed by atoms with Crippen LogP contribution in [0.3, 0.4) is 0 Å². The molecule has 0 aromatic carbocycles. The number of anilines is 2. The number of nitrogens with one attached hydrogen (secondary N) is 1. The smallest absolute Gasteiger partial charge is 0.231 e. The van der Waals surface area contributed by atoms with Crippen molar-refractivity contribution in [2.45, 2.75) is 45.1 Å². The number of aromatic nitrogens is 3. The summed E-state index contributed by atoms with van der Waals surface area (Å²) in [5.41, 5.74) is 0. The molecule has 0 amide bonds. The van der Waals surface area contributed by atoms with E-state index in [0.29, 0.717) is 11.9 Å². The third-order valence-corrected chi connectivity index (χ3v) is 3.49. The number of piperidine rings is 1. The lowest BCUT2D eigenvalue weighted by atomic mass is 10.1. The Bertz CT molecular complexity index is 479. The predicted molar refractivity (Wildman–Crippen MR) is 82.1 cm³/mol. The molecule has 5 nitrogen and oxygen atoms in total. The van der Waals surface area contributed by atoms with Crippen molar-refractivity contribution in [1.82, 2.24) is 15.0 Å². The minimum absolute atomic E-state index is 0.0762. The van der Waals surface area contributed by atoms with Crippen LogP contribution in [0.2, 0.25) is 5.28 Å². The molecule has 1 aromatic heterocycles. The topological polar surface area (TPSA) is 53.9 Å². The zero-order valence-electron chi connectivity index (χ0n) is 11.8. The Morgan fingerprint density at radius 1 is 1.30 bits per heavy atom. The van der Waals surface area contributed by atoms with Gasteiger partial charge >= 0.3 is 0 Å². The van der Waals surface area contributed by atoms with Crippen LogP contribution in [0.4, 0.5) is 11.9 Å². The molecular weight excluding hydrogens is 274 g/mol. The molecule has 2 heterocycles. The number of hydrogen-bond donors (Lipinski definition) is 1. The fourth-order valence-electron chi connectivity index (χ4n) is 2.28. The van der Waals surface area contributed by atoms with Gasteiger partial charge in [0, 0.05) is 13.1 Å². The van der Waals surface area contributed by atoms with Gasteiger partial charge in [0.1, 0.15) is 0 Å². The summed E-state index contributed by atoms with van der Waals surface area (Å²) in [6.07, 6.45) is 11.0. The van der Waals surface area contributed by atoms with Crippen LogP contribution >= 0.6 is 11.6 Å². The van der Waals surface area contributed by atoms with Crippen molar-refractivity contribution in [2.75, 3.05) is 23.3 Å². The van der Waals surface area contributed by atoms with Crippen molar-refractivity contribution in [2.24, 2.45) is 0 Å². The molecule has 0 saturated carbocycles. The van der Waals surface area contributed by atoms with Crippen molar-refractivity contribution in [1.29, 1.82) is 0 Å². The van der Waals surface area contributed by atoms with E-state index >= 15 is 0 Å². The first-order chi connectivity index (χ1) is 9.72. The zero-order chi connectivity index (χ0) is 14.4. The van der Waals surface area contributed by atoms with Crippen molar-refractivity contribution in [3.8, 4) is 12.3 Å². The van der Waals surface area contributed by atoms with Gasteiger partial charge in [0.25, 0.3) is 0 Å².